The van der Waals surface area contributed by atoms with Crippen molar-refractivity contribution >= 4 is 41.0 Å². The lowest BCUT2D eigenvalue weighted by molar-refractivity contribution is -0.160. The minimum atomic E-state index is -1.27. The van der Waals surface area contributed by atoms with Gasteiger partial charge in [-0.3, -0.25) is 19.2 Å². The molecule has 3 amide bonds. The van der Waals surface area contributed by atoms with E-state index in [0.29, 0.717) is 30.0 Å². The molecule has 0 saturated carbocycles. The van der Waals surface area contributed by atoms with Crippen molar-refractivity contribution in [2.45, 2.75) is 76.3 Å². The second-order valence-corrected chi connectivity index (χ2v) is 12.3. The number of allylic oxidation sites excluding steroid dienone is 1. The predicted molar refractivity (Wildman–Crippen MR) is 162 cm³/mol. The number of anilines is 1. The fourth-order valence-electron chi connectivity index (χ4n) is 6.73. The van der Waals surface area contributed by atoms with Gasteiger partial charge in [-0.05, 0) is 56.4 Å². The van der Waals surface area contributed by atoms with Gasteiger partial charge in [0.05, 0.1) is 37.1 Å². The van der Waals surface area contributed by atoms with Crippen LogP contribution < -0.4 is 10.2 Å². The average Bonchev–Trinajstić information content (AvgIpc) is 3.62. The fraction of sp³-hybridized carbons (Fsp3) is 0.562. The van der Waals surface area contributed by atoms with Crippen LogP contribution in [0.25, 0.3) is 0 Å². The third-order valence-electron chi connectivity index (χ3n) is 8.75. The number of amides is 3. The van der Waals surface area contributed by atoms with Gasteiger partial charge in [-0.1, -0.05) is 37.6 Å². The van der Waals surface area contributed by atoms with Crippen molar-refractivity contribution in [2.75, 3.05) is 24.6 Å². The van der Waals surface area contributed by atoms with Gasteiger partial charge < -0.3 is 29.7 Å². The number of benzene rings is 1. The Balaban J connectivity index is 1.65. The minimum absolute atomic E-state index is 0.120. The molecule has 7 atom stereocenters. The number of halogens is 1. The third kappa shape index (κ3) is 6.23. The number of nitrogens with zero attached hydrogens (tertiary/aromatic N) is 2. The number of rotatable bonds is 14. The largest absolute Gasteiger partial charge is 0.460 e. The lowest BCUT2D eigenvalue weighted by atomic mass is 9.70. The Labute approximate surface area is 258 Å². The number of carbonyl (C=O) groups excluding carboxylic acids is 4. The van der Waals surface area contributed by atoms with Crippen molar-refractivity contribution in [1.29, 1.82) is 0 Å². The molecule has 2 N–H and O–H groups in total. The summed E-state index contributed by atoms with van der Waals surface area (Å²) in [6.07, 6.45) is 3.71. The summed E-state index contributed by atoms with van der Waals surface area (Å²) in [7, 11) is 0. The first-order valence-electron chi connectivity index (χ1n) is 14.9. The van der Waals surface area contributed by atoms with Gasteiger partial charge in [0, 0.05) is 23.7 Å². The highest BCUT2D eigenvalue weighted by Gasteiger charge is 2.75. The molecule has 1 aromatic rings. The van der Waals surface area contributed by atoms with E-state index in [4.69, 9.17) is 21.1 Å². The molecule has 1 aromatic carbocycles. The molecule has 0 unspecified atom stereocenters. The van der Waals surface area contributed by atoms with Gasteiger partial charge >= 0.3 is 5.97 Å². The Bertz CT molecular complexity index is 1240. The Morgan fingerprint density at radius 2 is 1.93 bits per heavy atom. The third-order valence-corrected chi connectivity index (χ3v) is 9.01. The lowest BCUT2D eigenvalue weighted by Crippen LogP contribution is -2.59. The van der Waals surface area contributed by atoms with Crippen LogP contribution in [0.4, 0.5) is 5.69 Å². The number of nitrogens with one attached hydrogen (secondary N) is 1. The highest BCUT2D eigenvalue weighted by molar-refractivity contribution is 6.30. The standard InChI is InChI=1S/C32H42ClN3O7/c1-6-8-9-25(38)34-17-20(5)42-31(41)26-24-14-15-32(43-24)27(26)29(39)36(23(18-37)19(3)4)28(32)30(40)35(16-7-2)22-12-10-21(33)11-13-22/h6-7,10-13,19-20,23-24,26-28,37H,1-2,8-9,14-18H2,3-5H3,(H,34,38)/t20-,23-,24+,26-,27-,28+,32-/m0/s1. The molecule has 0 aliphatic carbocycles. The Hall–Kier alpha value is -3.21. The smallest absolute Gasteiger partial charge is 0.312 e. The summed E-state index contributed by atoms with van der Waals surface area (Å²) in [5, 5.41) is 13.7. The molecule has 0 aromatic heterocycles. The van der Waals surface area contributed by atoms with Gasteiger partial charge in [-0.15, -0.1) is 13.2 Å². The van der Waals surface area contributed by atoms with Crippen molar-refractivity contribution in [3.8, 4) is 0 Å². The fourth-order valence-corrected chi connectivity index (χ4v) is 6.86. The number of esters is 1. The van der Waals surface area contributed by atoms with Crippen LogP contribution in [0.1, 0.15) is 46.5 Å². The summed E-state index contributed by atoms with van der Waals surface area (Å²) in [5.41, 5.74) is -0.696. The van der Waals surface area contributed by atoms with Crippen molar-refractivity contribution in [3.05, 3.63) is 54.6 Å². The molecule has 43 heavy (non-hydrogen) atoms. The van der Waals surface area contributed by atoms with Crippen LogP contribution in [-0.4, -0.2) is 83.3 Å². The first kappa shape index (κ1) is 32.7. The van der Waals surface area contributed by atoms with E-state index in [1.165, 1.54) is 9.80 Å². The minimum Gasteiger partial charge on any atom is -0.460 e. The van der Waals surface area contributed by atoms with Crippen LogP contribution in [-0.2, 0) is 28.7 Å². The first-order valence-corrected chi connectivity index (χ1v) is 15.2. The zero-order valence-corrected chi connectivity index (χ0v) is 25.8. The van der Waals surface area contributed by atoms with E-state index >= 15 is 0 Å². The number of hydrogen-bond acceptors (Lipinski definition) is 7. The zero-order chi connectivity index (χ0) is 31.5. The normalized spacial score (nSPS) is 27.0. The monoisotopic (exact) mass is 615 g/mol. The maximum Gasteiger partial charge on any atom is 0.312 e. The number of likely N-dealkylation sites (tertiary alicyclic amines) is 1. The van der Waals surface area contributed by atoms with Gasteiger partial charge in [0.2, 0.25) is 11.8 Å². The summed E-state index contributed by atoms with van der Waals surface area (Å²) in [4.78, 5) is 57.5. The second kappa shape index (κ2) is 13.6. The Kier molecular flexibility index (Phi) is 10.4. The number of carbonyl (C=O) groups is 4. The molecule has 3 fully saturated rings. The zero-order valence-electron chi connectivity index (χ0n) is 25.0. The molecular formula is C32H42ClN3O7. The van der Waals surface area contributed by atoms with Crippen LogP contribution in [0, 0.1) is 17.8 Å². The molecule has 3 saturated heterocycles. The number of fused-ring (bicyclic) bond motifs is 1. The number of hydrogen-bond donors (Lipinski definition) is 2. The van der Waals surface area contributed by atoms with Crippen LogP contribution in [0.15, 0.2) is 49.6 Å². The van der Waals surface area contributed by atoms with E-state index in [9.17, 15) is 24.3 Å². The molecule has 3 aliphatic rings. The van der Waals surface area contributed by atoms with E-state index in [1.807, 2.05) is 13.8 Å². The summed E-state index contributed by atoms with van der Waals surface area (Å²) < 4.78 is 12.2. The quantitative estimate of drug-likeness (QED) is 0.243. The predicted octanol–water partition coefficient (Wildman–Crippen LogP) is 3.26. The van der Waals surface area contributed by atoms with E-state index in [1.54, 1.807) is 43.3 Å². The van der Waals surface area contributed by atoms with Gasteiger partial charge in [0.15, 0.2) is 0 Å². The molecule has 3 aliphatic heterocycles. The van der Waals surface area contributed by atoms with E-state index < -0.39 is 53.6 Å². The van der Waals surface area contributed by atoms with E-state index in [-0.39, 0.29) is 43.8 Å². The average molecular weight is 616 g/mol. The number of aliphatic hydroxyl groups excluding tert-OH is 1. The molecule has 0 radical (unpaired) electrons. The molecule has 10 nitrogen and oxygen atoms in total. The Morgan fingerprint density at radius 3 is 2.53 bits per heavy atom. The molecule has 11 heteroatoms. The van der Waals surface area contributed by atoms with Crippen molar-refractivity contribution in [1.82, 2.24) is 10.2 Å². The van der Waals surface area contributed by atoms with Crippen LogP contribution in [0.3, 0.4) is 0 Å². The maximum atomic E-state index is 14.6. The topological polar surface area (TPSA) is 125 Å². The maximum absolute atomic E-state index is 14.6. The molecule has 234 valence electrons. The Morgan fingerprint density at radius 1 is 1.23 bits per heavy atom. The van der Waals surface area contributed by atoms with Crippen LogP contribution >= 0.6 is 11.6 Å². The van der Waals surface area contributed by atoms with Crippen LogP contribution in [0.2, 0.25) is 5.02 Å². The van der Waals surface area contributed by atoms with Gasteiger partial charge in [0.1, 0.15) is 17.7 Å². The van der Waals surface area contributed by atoms with Gasteiger partial charge in [-0.2, -0.15) is 0 Å². The summed E-state index contributed by atoms with van der Waals surface area (Å²) >= 11 is 6.11. The summed E-state index contributed by atoms with van der Waals surface area (Å²) in [5.74, 6) is -3.63. The van der Waals surface area contributed by atoms with Gasteiger partial charge in [-0.25, -0.2) is 0 Å². The molecular weight excluding hydrogens is 574 g/mol. The van der Waals surface area contributed by atoms with E-state index in [0.717, 1.165) is 0 Å². The summed E-state index contributed by atoms with van der Waals surface area (Å²) in [6, 6.07) is 5.03. The lowest BCUT2D eigenvalue weighted by Gasteiger charge is -2.40. The molecule has 2 bridgehead atoms. The van der Waals surface area contributed by atoms with Crippen molar-refractivity contribution in [2.24, 2.45) is 17.8 Å². The first-order chi connectivity index (χ1) is 20.5. The van der Waals surface area contributed by atoms with E-state index in [2.05, 4.69) is 18.5 Å². The number of ether oxygens (including phenoxy) is 2. The SMILES string of the molecule is C=CCCC(=O)NC[C@H](C)OC(=O)[C@@H]1[C@H]2C(=O)N([C@@H](CO)C(C)C)[C@H](C(=O)N(CC=C)c3ccc(Cl)cc3)[C@]23CC[C@H]1O3. The second-order valence-electron chi connectivity index (χ2n) is 11.9. The van der Waals surface area contributed by atoms with Crippen LogP contribution in [0.5, 0.6) is 0 Å². The molecule has 3 heterocycles. The highest BCUT2D eigenvalue weighted by atomic mass is 35.5. The molecule has 4 rings (SSSR count). The van der Waals surface area contributed by atoms with Gasteiger partial charge in [0.25, 0.3) is 5.91 Å². The van der Waals surface area contributed by atoms with Crippen molar-refractivity contribution in [3.63, 3.8) is 0 Å². The molecule has 1 spiro atoms. The summed E-state index contributed by atoms with van der Waals surface area (Å²) in [6.45, 7) is 12.8. The highest BCUT2D eigenvalue weighted by Crippen LogP contribution is 2.59. The van der Waals surface area contributed by atoms with Crippen molar-refractivity contribution < 1.29 is 33.8 Å². The number of aliphatic hydroxyl groups is 1.